The molecule has 8 heteroatoms. The minimum Gasteiger partial charge on any atom is -0.357 e. The summed E-state index contributed by atoms with van der Waals surface area (Å²) in [5.74, 6) is 1.25. The zero-order valence-corrected chi connectivity index (χ0v) is 17.8. The Hall–Kier alpha value is -1.32. The predicted molar refractivity (Wildman–Crippen MR) is 111 cm³/mol. The summed E-state index contributed by atoms with van der Waals surface area (Å²) < 4.78 is 2.03. The summed E-state index contributed by atoms with van der Waals surface area (Å²) in [6.45, 7) is 9.87. The van der Waals surface area contributed by atoms with Gasteiger partial charge < -0.3 is 16.0 Å². The quantitative estimate of drug-likeness (QED) is 0.225. The molecule has 1 fully saturated rings. The van der Waals surface area contributed by atoms with E-state index in [0.29, 0.717) is 13.1 Å². The Labute approximate surface area is 167 Å². The van der Waals surface area contributed by atoms with Crippen LogP contribution in [0.1, 0.15) is 37.6 Å². The van der Waals surface area contributed by atoms with Crippen molar-refractivity contribution in [2.45, 2.75) is 46.6 Å². The van der Waals surface area contributed by atoms with Crippen molar-refractivity contribution in [1.29, 1.82) is 0 Å². The Kier molecular flexibility index (Phi) is 9.84. The molecule has 1 amide bonds. The van der Waals surface area contributed by atoms with Crippen molar-refractivity contribution in [2.75, 3.05) is 26.2 Å². The molecule has 0 bridgehead atoms. The van der Waals surface area contributed by atoms with Gasteiger partial charge in [0.15, 0.2) is 5.96 Å². The molecule has 1 aromatic rings. The SMILES string of the molecule is CCNC(=NCCCn1nc(C)cc1C)NCCNC(=O)C1CC1.I. The highest BCUT2D eigenvalue weighted by Gasteiger charge is 2.28. The van der Waals surface area contributed by atoms with E-state index in [0.717, 1.165) is 50.6 Å². The molecule has 0 radical (unpaired) electrons. The number of halogens is 1. The first kappa shape index (κ1) is 21.7. The molecule has 0 saturated heterocycles. The number of hydrogen-bond donors (Lipinski definition) is 3. The number of nitrogens with one attached hydrogen (secondary N) is 3. The number of aryl methyl sites for hydroxylation is 3. The molecule has 0 aliphatic heterocycles. The standard InChI is InChI=1S/C17H30N6O.HI/c1-4-18-17(21-10-9-19-16(24)15-6-7-15)20-8-5-11-23-14(3)12-13(2)22-23;/h12,15H,4-11H2,1-3H3,(H,19,24)(H2,18,20,21);1H. The maximum Gasteiger partial charge on any atom is 0.223 e. The fourth-order valence-electron chi connectivity index (χ4n) is 2.51. The minimum absolute atomic E-state index is 0. The highest BCUT2D eigenvalue weighted by Crippen LogP contribution is 2.28. The summed E-state index contributed by atoms with van der Waals surface area (Å²) in [7, 11) is 0. The van der Waals surface area contributed by atoms with Crippen LogP contribution >= 0.6 is 24.0 Å². The second-order valence-corrected chi connectivity index (χ2v) is 6.26. The van der Waals surface area contributed by atoms with Gasteiger partial charge in [0.2, 0.25) is 5.91 Å². The number of rotatable bonds is 9. The zero-order chi connectivity index (χ0) is 17.4. The number of aliphatic imine (C=N–C) groups is 1. The van der Waals surface area contributed by atoms with Gasteiger partial charge in [0.1, 0.15) is 0 Å². The van der Waals surface area contributed by atoms with E-state index in [1.54, 1.807) is 0 Å². The van der Waals surface area contributed by atoms with Crippen molar-refractivity contribution in [1.82, 2.24) is 25.7 Å². The maximum absolute atomic E-state index is 11.6. The summed E-state index contributed by atoms with van der Waals surface area (Å²) in [6, 6.07) is 2.09. The second kappa shape index (κ2) is 11.3. The molecule has 142 valence electrons. The van der Waals surface area contributed by atoms with E-state index in [-0.39, 0.29) is 35.8 Å². The first-order valence-electron chi connectivity index (χ1n) is 8.91. The van der Waals surface area contributed by atoms with Crippen LogP contribution < -0.4 is 16.0 Å². The van der Waals surface area contributed by atoms with Gasteiger partial charge >= 0.3 is 0 Å². The Balaban J connectivity index is 0.00000312. The average molecular weight is 462 g/mol. The number of guanidine groups is 1. The summed E-state index contributed by atoms with van der Waals surface area (Å²) >= 11 is 0. The Morgan fingerprint density at radius 3 is 2.60 bits per heavy atom. The third kappa shape index (κ3) is 8.06. The van der Waals surface area contributed by atoms with Gasteiger partial charge in [-0.05, 0) is 46.1 Å². The van der Waals surface area contributed by atoms with Gasteiger partial charge in [-0.25, -0.2) is 0 Å². The van der Waals surface area contributed by atoms with Crippen molar-refractivity contribution >= 4 is 35.8 Å². The van der Waals surface area contributed by atoms with Crippen LogP contribution in [0.4, 0.5) is 0 Å². The molecular formula is C17H31IN6O. The van der Waals surface area contributed by atoms with Crippen LogP contribution in [-0.4, -0.2) is 47.8 Å². The highest BCUT2D eigenvalue weighted by molar-refractivity contribution is 14.0. The lowest BCUT2D eigenvalue weighted by atomic mass is 10.4. The Morgan fingerprint density at radius 1 is 1.28 bits per heavy atom. The van der Waals surface area contributed by atoms with Crippen LogP contribution in [0.25, 0.3) is 0 Å². The first-order chi connectivity index (χ1) is 11.6. The lowest BCUT2D eigenvalue weighted by molar-refractivity contribution is -0.122. The van der Waals surface area contributed by atoms with Crippen molar-refractivity contribution in [3.05, 3.63) is 17.5 Å². The predicted octanol–water partition coefficient (Wildman–Crippen LogP) is 1.59. The number of carbonyl (C=O) groups excluding carboxylic acids is 1. The van der Waals surface area contributed by atoms with Crippen molar-refractivity contribution in [3.63, 3.8) is 0 Å². The number of aromatic nitrogens is 2. The van der Waals surface area contributed by atoms with Crippen LogP contribution in [0.3, 0.4) is 0 Å². The van der Waals surface area contributed by atoms with Gasteiger partial charge in [0.25, 0.3) is 0 Å². The van der Waals surface area contributed by atoms with Crippen molar-refractivity contribution < 1.29 is 4.79 Å². The van der Waals surface area contributed by atoms with Crippen molar-refractivity contribution in [3.8, 4) is 0 Å². The molecule has 0 atom stereocenters. The van der Waals surface area contributed by atoms with E-state index in [2.05, 4.69) is 39.0 Å². The molecule has 25 heavy (non-hydrogen) atoms. The van der Waals surface area contributed by atoms with Crippen LogP contribution in [0, 0.1) is 19.8 Å². The molecule has 0 unspecified atom stereocenters. The molecule has 2 rings (SSSR count). The van der Waals surface area contributed by atoms with Crippen LogP contribution in [-0.2, 0) is 11.3 Å². The molecular weight excluding hydrogens is 431 g/mol. The summed E-state index contributed by atoms with van der Waals surface area (Å²) in [5.41, 5.74) is 2.24. The normalized spacial score (nSPS) is 14.0. The van der Waals surface area contributed by atoms with E-state index < -0.39 is 0 Å². The molecule has 7 nitrogen and oxygen atoms in total. The Bertz CT molecular complexity index is 567. The van der Waals surface area contributed by atoms with Crippen LogP contribution in [0.2, 0.25) is 0 Å². The molecule has 0 aromatic carbocycles. The second-order valence-electron chi connectivity index (χ2n) is 6.26. The third-order valence-electron chi connectivity index (χ3n) is 3.91. The number of nitrogens with zero attached hydrogens (tertiary/aromatic N) is 3. The average Bonchev–Trinajstić information content (AvgIpc) is 3.34. The molecule has 0 spiro atoms. The van der Waals surface area contributed by atoms with Gasteiger partial charge in [0.05, 0.1) is 5.69 Å². The topological polar surface area (TPSA) is 83.3 Å². The number of amides is 1. The smallest absolute Gasteiger partial charge is 0.223 e. The summed E-state index contributed by atoms with van der Waals surface area (Å²) in [5, 5.41) is 13.9. The van der Waals surface area contributed by atoms with Gasteiger partial charge in [-0.1, -0.05) is 0 Å². The van der Waals surface area contributed by atoms with Gasteiger partial charge in [-0.2, -0.15) is 5.10 Å². The first-order valence-corrected chi connectivity index (χ1v) is 8.91. The summed E-state index contributed by atoms with van der Waals surface area (Å²) in [6.07, 6.45) is 3.02. The lowest BCUT2D eigenvalue weighted by Gasteiger charge is -2.12. The van der Waals surface area contributed by atoms with Gasteiger partial charge in [-0.15, -0.1) is 24.0 Å². The minimum atomic E-state index is 0. The molecule has 1 aromatic heterocycles. The molecule has 1 saturated carbocycles. The van der Waals surface area contributed by atoms with E-state index >= 15 is 0 Å². The van der Waals surface area contributed by atoms with E-state index in [9.17, 15) is 4.79 Å². The van der Waals surface area contributed by atoms with Gasteiger partial charge in [0, 0.05) is 44.3 Å². The molecule has 1 aliphatic rings. The van der Waals surface area contributed by atoms with Crippen LogP contribution in [0.15, 0.2) is 11.1 Å². The largest absolute Gasteiger partial charge is 0.357 e. The molecule has 1 aliphatic carbocycles. The van der Waals surface area contributed by atoms with Crippen LogP contribution in [0.5, 0.6) is 0 Å². The zero-order valence-electron chi connectivity index (χ0n) is 15.5. The number of hydrogen-bond acceptors (Lipinski definition) is 3. The Morgan fingerprint density at radius 2 is 2.00 bits per heavy atom. The monoisotopic (exact) mass is 462 g/mol. The number of carbonyl (C=O) groups is 1. The lowest BCUT2D eigenvalue weighted by Crippen LogP contribution is -2.41. The highest BCUT2D eigenvalue weighted by atomic mass is 127. The van der Waals surface area contributed by atoms with E-state index in [4.69, 9.17) is 0 Å². The van der Waals surface area contributed by atoms with Crippen molar-refractivity contribution in [2.24, 2.45) is 10.9 Å². The fraction of sp³-hybridized carbons (Fsp3) is 0.706. The molecule has 3 N–H and O–H groups in total. The van der Waals surface area contributed by atoms with Gasteiger partial charge in [-0.3, -0.25) is 14.5 Å². The van der Waals surface area contributed by atoms with E-state index in [1.165, 1.54) is 5.69 Å². The fourth-order valence-corrected chi connectivity index (χ4v) is 2.51. The summed E-state index contributed by atoms with van der Waals surface area (Å²) in [4.78, 5) is 16.1. The molecule has 1 heterocycles. The maximum atomic E-state index is 11.6. The van der Waals surface area contributed by atoms with E-state index in [1.807, 2.05) is 18.5 Å². The third-order valence-corrected chi connectivity index (χ3v) is 3.91.